The lowest BCUT2D eigenvalue weighted by molar-refractivity contribution is 0.268. The number of nitrogens with one attached hydrogen (secondary N) is 1. The molecule has 0 radical (unpaired) electrons. The predicted octanol–water partition coefficient (Wildman–Crippen LogP) is 3.56. The molecular formula is C14H20Cl3FN2O2S. The summed E-state index contributed by atoms with van der Waals surface area (Å²) in [6.07, 6.45) is 1.56. The SMILES string of the molecule is CCNCC1CCN(S(=O)(=O)c2c(Cl)cc(F)cc2Cl)CC1.Cl. The van der Waals surface area contributed by atoms with Crippen molar-refractivity contribution in [3.8, 4) is 0 Å². The molecule has 4 nitrogen and oxygen atoms in total. The minimum absolute atomic E-state index is 0. The van der Waals surface area contributed by atoms with Crippen LogP contribution in [0, 0.1) is 11.7 Å². The van der Waals surface area contributed by atoms with Crippen molar-refractivity contribution in [2.75, 3.05) is 26.2 Å². The van der Waals surface area contributed by atoms with Gasteiger partial charge in [0.05, 0.1) is 10.0 Å². The molecule has 0 aromatic heterocycles. The molecule has 1 aliphatic rings. The van der Waals surface area contributed by atoms with Crippen LogP contribution in [0.15, 0.2) is 17.0 Å². The summed E-state index contributed by atoms with van der Waals surface area (Å²) in [6.45, 7) is 4.67. The molecule has 23 heavy (non-hydrogen) atoms. The van der Waals surface area contributed by atoms with Gasteiger partial charge in [-0.05, 0) is 44.0 Å². The molecule has 0 aliphatic carbocycles. The van der Waals surface area contributed by atoms with E-state index in [1.165, 1.54) is 4.31 Å². The number of halogens is 4. The molecular weight excluding hydrogens is 386 g/mol. The maximum Gasteiger partial charge on any atom is 0.246 e. The second-order valence-electron chi connectivity index (χ2n) is 5.35. The van der Waals surface area contributed by atoms with Gasteiger partial charge >= 0.3 is 0 Å². The first-order chi connectivity index (χ1) is 10.4. The van der Waals surface area contributed by atoms with Crippen LogP contribution in [0.3, 0.4) is 0 Å². The topological polar surface area (TPSA) is 49.4 Å². The normalized spacial score (nSPS) is 17.0. The maximum absolute atomic E-state index is 13.2. The Morgan fingerprint density at radius 1 is 1.26 bits per heavy atom. The molecule has 9 heteroatoms. The van der Waals surface area contributed by atoms with Gasteiger partial charge < -0.3 is 5.32 Å². The average molecular weight is 406 g/mol. The lowest BCUT2D eigenvalue weighted by Crippen LogP contribution is -2.40. The molecule has 1 aliphatic heterocycles. The van der Waals surface area contributed by atoms with Crippen molar-refractivity contribution < 1.29 is 12.8 Å². The number of rotatable bonds is 5. The van der Waals surface area contributed by atoms with Crippen molar-refractivity contribution >= 4 is 45.6 Å². The summed E-state index contributed by atoms with van der Waals surface area (Å²) < 4.78 is 40.0. The standard InChI is InChI=1S/C14H19Cl2FN2O2S.ClH/c1-2-18-9-10-3-5-19(6-4-10)22(20,21)14-12(15)7-11(17)8-13(14)16;/h7-8,10,18H,2-6,9H2,1H3;1H. The number of piperidine rings is 1. The monoisotopic (exact) mass is 404 g/mol. The molecule has 0 atom stereocenters. The van der Waals surface area contributed by atoms with Crippen LogP contribution in [-0.2, 0) is 10.0 Å². The van der Waals surface area contributed by atoms with Crippen molar-refractivity contribution in [1.82, 2.24) is 9.62 Å². The van der Waals surface area contributed by atoms with Crippen molar-refractivity contribution in [3.05, 3.63) is 28.0 Å². The third-order valence-electron chi connectivity index (χ3n) is 3.82. The van der Waals surface area contributed by atoms with Gasteiger partial charge in [-0.1, -0.05) is 30.1 Å². The van der Waals surface area contributed by atoms with E-state index in [2.05, 4.69) is 5.32 Å². The number of nitrogens with zero attached hydrogens (tertiary/aromatic N) is 1. The van der Waals surface area contributed by atoms with Crippen LogP contribution in [0.5, 0.6) is 0 Å². The van der Waals surface area contributed by atoms with Gasteiger partial charge in [0, 0.05) is 13.1 Å². The van der Waals surface area contributed by atoms with Crippen molar-refractivity contribution in [1.29, 1.82) is 0 Å². The molecule has 0 saturated carbocycles. The van der Waals surface area contributed by atoms with Crippen LogP contribution in [0.2, 0.25) is 10.0 Å². The van der Waals surface area contributed by atoms with E-state index < -0.39 is 15.8 Å². The highest BCUT2D eigenvalue weighted by atomic mass is 35.5. The van der Waals surface area contributed by atoms with Crippen molar-refractivity contribution in [2.45, 2.75) is 24.7 Å². The summed E-state index contributed by atoms with van der Waals surface area (Å²) >= 11 is 11.8. The maximum atomic E-state index is 13.2. The first kappa shape index (κ1) is 20.9. The van der Waals surface area contributed by atoms with E-state index in [9.17, 15) is 12.8 Å². The highest BCUT2D eigenvalue weighted by Gasteiger charge is 2.32. The zero-order valence-corrected chi connectivity index (χ0v) is 15.8. The summed E-state index contributed by atoms with van der Waals surface area (Å²) in [6, 6.07) is 1.94. The number of hydrogen-bond donors (Lipinski definition) is 1. The van der Waals surface area contributed by atoms with Gasteiger partial charge in [0.15, 0.2) is 0 Å². The van der Waals surface area contributed by atoms with Gasteiger partial charge in [0.1, 0.15) is 10.7 Å². The summed E-state index contributed by atoms with van der Waals surface area (Å²) in [5, 5.41) is 2.91. The van der Waals surface area contributed by atoms with E-state index in [0.29, 0.717) is 19.0 Å². The molecule has 0 unspecified atom stereocenters. The van der Waals surface area contributed by atoms with E-state index >= 15 is 0 Å². The highest BCUT2D eigenvalue weighted by molar-refractivity contribution is 7.89. The Hall–Kier alpha value is -0.110. The van der Waals surface area contributed by atoms with E-state index in [1.807, 2.05) is 6.92 Å². The third-order valence-corrected chi connectivity index (χ3v) is 6.64. The van der Waals surface area contributed by atoms with E-state index in [1.54, 1.807) is 0 Å². The zero-order valence-electron chi connectivity index (χ0n) is 12.7. The Balaban J connectivity index is 0.00000264. The first-order valence-corrected chi connectivity index (χ1v) is 9.41. The molecule has 1 saturated heterocycles. The van der Waals surface area contributed by atoms with E-state index in [0.717, 1.165) is 38.1 Å². The van der Waals surface area contributed by atoms with E-state index in [-0.39, 0.29) is 27.3 Å². The fourth-order valence-corrected chi connectivity index (χ4v) is 5.21. The van der Waals surface area contributed by atoms with Crippen molar-refractivity contribution in [2.24, 2.45) is 5.92 Å². The first-order valence-electron chi connectivity index (χ1n) is 7.21. The summed E-state index contributed by atoms with van der Waals surface area (Å²) in [4.78, 5) is -0.206. The summed E-state index contributed by atoms with van der Waals surface area (Å²) in [7, 11) is -3.80. The van der Waals surface area contributed by atoms with Gasteiger partial charge in [-0.25, -0.2) is 12.8 Å². The fraction of sp³-hybridized carbons (Fsp3) is 0.571. The molecule has 0 spiro atoms. The van der Waals surface area contributed by atoms with Crippen LogP contribution in [0.4, 0.5) is 4.39 Å². The minimum atomic E-state index is -3.80. The lowest BCUT2D eigenvalue weighted by atomic mass is 9.98. The minimum Gasteiger partial charge on any atom is -0.317 e. The summed E-state index contributed by atoms with van der Waals surface area (Å²) in [5.74, 6) is -0.191. The smallest absolute Gasteiger partial charge is 0.246 e. The molecule has 1 fully saturated rings. The average Bonchev–Trinajstić information content (AvgIpc) is 2.44. The fourth-order valence-electron chi connectivity index (χ4n) is 2.61. The Morgan fingerprint density at radius 2 is 1.78 bits per heavy atom. The molecule has 1 aromatic carbocycles. The molecule has 1 heterocycles. The number of sulfonamides is 1. The predicted molar refractivity (Wildman–Crippen MR) is 93.7 cm³/mol. The van der Waals surface area contributed by atoms with Gasteiger partial charge in [0.2, 0.25) is 10.0 Å². The van der Waals surface area contributed by atoms with Crippen molar-refractivity contribution in [3.63, 3.8) is 0 Å². The van der Waals surface area contributed by atoms with Gasteiger partial charge in [-0.2, -0.15) is 4.31 Å². The molecule has 0 amide bonds. The summed E-state index contributed by atoms with van der Waals surface area (Å²) in [5.41, 5.74) is 0. The second kappa shape index (κ2) is 8.83. The molecule has 2 rings (SSSR count). The van der Waals surface area contributed by atoms with Gasteiger partial charge in [0.25, 0.3) is 0 Å². The molecule has 0 bridgehead atoms. The third kappa shape index (κ3) is 4.94. The Morgan fingerprint density at radius 3 is 2.26 bits per heavy atom. The van der Waals surface area contributed by atoms with Crippen LogP contribution >= 0.6 is 35.6 Å². The zero-order chi connectivity index (χ0) is 16.3. The molecule has 1 aromatic rings. The van der Waals surface area contributed by atoms with Crippen LogP contribution in [-0.4, -0.2) is 38.9 Å². The van der Waals surface area contributed by atoms with Crippen LogP contribution in [0.1, 0.15) is 19.8 Å². The highest BCUT2D eigenvalue weighted by Crippen LogP contribution is 2.34. The Kier molecular flexibility index (Phi) is 8.04. The quantitative estimate of drug-likeness (QED) is 0.815. The van der Waals surface area contributed by atoms with E-state index in [4.69, 9.17) is 23.2 Å². The van der Waals surface area contributed by atoms with Crippen LogP contribution in [0.25, 0.3) is 0 Å². The molecule has 132 valence electrons. The Bertz CT molecular complexity index is 612. The lowest BCUT2D eigenvalue weighted by Gasteiger charge is -2.31. The number of hydrogen-bond acceptors (Lipinski definition) is 3. The van der Waals surface area contributed by atoms with Gasteiger partial charge in [-0.15, -0.1) is 12.4 Å². The van der Waals surface area contributed by atoms with Gasteiger partial charge in [-0.3, -0.25) is 0 Å². The number of benzene rings is 1. The van der Waals surface area contributed by atoms with Crippen LogP contribution < -0.4 is 5.32 Å². The molecule has 1 N–H and O–H groups in total. The second-order valence-corrected chi connectivity index (χ2v) is 8.04. The Labute approximate surface area is 152 Å². The largest absolute Gasteiger partial charge is 0.317 e.